The van der Waals surface area contributed by atoms with Crippen LogP contribution >= 0.6 is 0 Å². The fourth-order valence-corrected chi connectivity index (χ4v) is 2.77. The lowest BCUT2D eigenvalue weighted by Crippen LogP contribution is -2.37. The number of aryl methyl sites for hydroxylation is 1. The summed E-state index contributed by atoms with van der Waals surface area (Å²) in [6.07, 6.45) is 5.27. The average molecular weight is 250 g/mol. The zero-order valence-electron chi connectivity index (χ0n) is 11.1. The van der Waals surface area contributed by atoms with E-state index < -0.39 is 0 Å². The number of piperidine rings is 1. The summed E-state index contributed by atoms with van der Waals surface area (Å²) in [4.78, 5) is 6.88. The van der Waals surface area contributed by atoms with Crippen LogP contribution in [0.5, 0.6) is 0 Å². The van der Waals surface area contributed by atoms with Gasteiger partial charge >= 0.3 is 0 Å². The molecule has 0 atom stereocenters. The molecule has 0 spiro atoms. The number of hydrogen-bond donors (Lipinski definition) is 1. The Kier molecular flexibility index (Phi) is 3.61. The van der Waals surface area contributed by atoms with Crippen LogP contribution in [-0.4, -0.2) is 40.7 Å². The van der Waals surface area contributed by atoms with Gasteiger partial charge < -0.3 is 9.84 Å². The van der Waals surface area contributed by atoms with Crippen LogP contribution in [0, 0.1) is 12.8 Å². The molecule has 1 aromatic heterocycles. The van der Waals surface area contributed by atoms with E-state index in [0.717, 1.165) is 24.3 Å². The van der Waals surface area contributed by atoms with Crippen LogP contribution in [0.4, 0.5) is 0 Å². The van der Waals surface area contributed by atoms with Gasteiger partial charge in [-0.15, -0.1) is 0 Å². The van der Waals surface area contributed by atoms with Crippen molar-refractivity contribution in [2.75, 3.05) is 19.6 Å². The quantitative estimate of drug-likeness (QED) is 0.854. The number of nitrogens with one attached hydrogen (secondary N) is 1. The molecule has 1 saturated heterocycles. The summed E-state index contributed by atoms with van der Waals surface area (Å²) < 4.78 is 5.06. The normalized spacial score (nSPS) is 21.7. The summed E-state index contributed by atoms with van der Waals surface area (Å²) in [5.41, 5.74) is 0. The first kappa shape index (κ1) is 12.1. The molecule has 18 heavy (non-hydrogen) atoms. The number of rotatable bonds is 5. The molecule has 1 aliphatic heterocycles. The highest BCUT2D eigenvalue weighted by molar-refractivity contribution is 4.91. The molecule has 2 fully saturated rings. The number of aromatic nitrogens is 2. The highest BCUT2D eigenvalue weighted by Crippen LogP contribution is 2.29. The van der Waals surface area contributed by atoms with E-state index in [1.54, 1.807) is 0 Å². The van der Waals surface area contributed by atoms with Crippen LogP contribution in [0.3, 0.4) is 0 Å². The largest absolute Gasteiger partial charge is 0.340 e. The first-order valence-electron chi connectivity index (χ1n) is 7.05. The van der Waals surface area contributed by atoms with Gasteiger partial charge in [0.05, 0.1) is 6.54 Å². The van der Waals surface area contributed by atoms with Crippen molar-refractivity contribution in [1.82, 2.24) is 20.4 Å². The Bertz CT molecular complexity index is 382. The lowest BCUT2D eigenvalue weighted by atomic mass is 9.97. The fraction of sp³-hybridized carbons (Fsp3) is 0.846. The van der Waals surface area contributed by atoms with Gasteiger partial charge in [-0.3, -0.25) is 4.90 Å². The van der Waals surface area contributed by atoms with E-state index in [0.29, 0.717) is 5.89 Å². The van der Waals surface area contributed by atoms with E-state index in [1.807, 2.05) is 6.92 Å². The highest BCUT2D eigenvalue weighted by Gasteiger charge is 2.31. The van der Waals surface area contributed by atoms with Crippen molar-refractivity contribution < 1.29 is 4.52 Å². The summed E-state index contributed by atoms with van der Waals surface area (Å²) in [6, 6.07) is 0.763. The standard InChI is InChI=1S/C13H22N4O/c1-10-15-13(16-18-10)9-17(12-2-3-12)8-11-4-6-14-7-5-11/h11-12,14H,2-9H2,1H3. The molecule has 0 aromatic carbocycles. The number of hydrogen-bond acceptors (Lipinski definition) is 5. The van der Waals surface area contributed by atoms with Gasteiger partial charge in [0.25, 0.3) is 0 Å². The molecular formula is C13H22N4O. The summed E-state index contributed by atoms with van der Waals surface area (Å²) in [5.74, 6) is 2.34. The third kappa shape index (κ3) is 3.09. The van der Waals surface area contributed by atoms with Crippen molar-refractivity contribution >= 4 is 0 Å². The first-order chi connectivity index (χ1) is 8.81. The van der Waals surface area contributed by atoms with Gasteiger partial charge in [0.1, 0.15) is 0 Å². The zero-order valence-corrected chi connectivity index (χ0v) is 11.1. The molecule has 0 amide bonds. The van der Waals surface area contributed by atoms with E-state index in [-0.39, 0.29) is 0 Å². The molecule has 5 heteroatoms. The smallest absolute Gasteiger partial charge is 0.223 e. The minimum absolute atomic E-state index is 0.669. The lowest BCUT2D eigenvalue weighted by Gasteiger charge is -2.29. The maximum Gasteiger partial charge on any atom is 0.223 e. The second-order valence-corrected chi connectivity index (χ2v) is 5.58. The Balaban J connectivity index is 1.57. The Morgan fingerprint density at radius 1 is 1.28 bits per heavy atom. The van der Waals surface area contributed by atoms with Gasteiger partial charge in [-0.05, 0) is 44.7 Å². The third-order valence-electron chi connectivity index (χ3n) is 3.93. The molecule has 2 heterocycles. The molecule has 0 bridgehead atoms. The Morgan fingerprint density at radius 3 is 2.67 bits per heavy atom. The average Bonchev–Trinajstić information content (AvgIpc) is 3.15. The Hall–Kier alpha value is -0.940. The Morgan fingerprint density at radius 2 is 2.06 bits per heavy atom. The van der Waals surface area contributed by atoms with Crippen molar-refractivity contribution in [3.8, 4) is 0 Å². The van der Waals surface area contributed by atoms with Crippen LogP contribution < -0.4 is 5.32 Å². The van der Waals surface area contributed by atoms with Gasteiger partial charge in [0, 0.05) is 19.5 Å². The highest BCUT2D eigenvalue weighted by atomic mass is 16.5. The molecule has 3 rings (SSSR count). The van der Waals surface area contributed by atoms with Crippen LogP contribution in [-0.2, 0) is 6.54 Å². The van der Waals surface area contributed by atoms with Gasteiger partial charge in [-0.1, -0.05) is 5.16 Å². The Labute approximate surface area is 108 Å². The van der Waals surface area contributed by atoms with Crippen LogP contribution in [0.15, 0.2) is 4.52 Å². The van der Waals surface area contributed by atoms with Crippen molar-refractivity contribution in [1.29, 1.82) is 0 Å². The van der Waals surface area contributed by atoms with Gasteiger partial charge in [0.2, 0.25) is 5.89 Å². The minimum Gasteiger partial charge on any atom is -0.340 e. The van der Waals surface area contributed by atoms with E-state index in [2.05, 4.69) is 20.4 Å². The van der Waals surface area contributed by atoms with E-state index >= 15 is 0 Å². The molecule has 1 aliphatic carbocycles. The van der Waals surface area contributed by atoms with Gasteiger partial charge in [-0.2, -0.15) is 4.98 Å². The van der Waals surface area contributed by atoms with Crippen LogP contribution in [0.2, 0.25) is 0 Å². The summed E-state index contributed by atoms with van der Waals surface area (Å²) in [7, 11) is 0. The minimum atomic E-state index is 0.669. The van der Waals surface area contributed by atoms with Crippen molar-refractivity contribution in [2.24, 2.45) is 5.92 Å². The molecule has 0 radical (unpaired) electrons. The number of nitrogens with zero attached hydrogens (tertiary/aromatic N) is 3. The van der Waals surface area contributed by atoms with E-state index in [4.69, 9.17) is 4.52 Å². The van der Waals surface area contributed by atoms with Gasteiger partial charge in [-0.25, -0.2) is 0 Å². The van der Waals surface area contributed by atoms with Gasteiger partial charge in [0.15, 0.2) is 5.82 Å². The zero-order chi connectivity index (χ0) is 12.4. The first-order valence-corrected chi connectivity index (χ1v) is 7.05. The summed E-state index contributed by atoms with van der Waals surface area (Å²) in [5, 5.41) is 7.45. The molecule has 1 N–H and O–H groups in total. The van der Waals surface area contributed by atoms with E-state index in [1.165, 1.54) is 45.3 Å². The van der Waals surface area contributed by atoms with Crippen molar-refractivity contribution in [3.05, 3.63) is 11.7 Å². The maximum absolute atomic E-state index is 5.06. The molecule has 0 unspecified atom stereocenters. The second-order valence-electron chi connectivity index (χ2n) is 5.58. The molecule has 5 nitrogen and oxygen atoms in total. The second kappa shape index (κ2) is 5.36. The predicted octanol–water partition coefficient (Wildman–Crippen LogP) is 1.34. The molecule has 2 aliphatic rings. The van der Waals surface area contributed by atoms with E-state index in [9.17, 15) is 0 Å². The summed E-state index contributed by atoms with van der Waals surface area (Å²) in [6.45, 7) is 6.24. The molecule has 100 valence electrons. The molecule has 1 aromatic rings. The fourth-order valence-electron chi connectivity index (χ4n) is 2.77. The van der Waals surface area contributed by atoms with Crippen LogP contribution in [0.1, 0.15) is 37.4 Å². The van der Waals surface area contributed by atoms with Crippen molar-refractivity contribution in [3.63, 3.8) is 0 Å². The maximum atomic E-state index is 5.06. The third-order valence-corrected chi connectivity index (χ3v) is 3.93. The van der Waals surface area contributed by atoms with Crippen molar-refractivity contribution in [2.45, 2.75) is 45.2 Å². The predicted molar refractivity (Wildman–Crippen MR) is 68.1 cm³/mol. The molecule has 1 saturated carbocycles. The summed E-state index contributed by atoms with van der Waals surface area (Å²) >= 11 is 0. The molecular weight excluding hydrogens is 228 g/mol. The SMILES string of the molecule is Cc1nc(CN(CC2CCNCC2)C2CC2)no1. The monoisotopic (exact) mass is 250 g/mol. The lowest BCUT2D eigenvalue weighted by molar-refractivity contribution is 0.184. The topological polar surface area (TPSA) is 54.2 Å². The van der Waals surface area contributed by atoms with Crippen LogP contribution in [0.25, 0.3) is 0 Å².